The molecule has 2 aliphatic heterocycles. The van der Waals surface area contributed by atoms with Crippen LogP contribution in [0.2, 0.25) is 0 Å². The maximum Gasteiger partial charge on any atom is 0.323 e. The van der Waals surface area contributed by atoms with Gasteiger partial charge in [0.25, 0.3) is 0 Å². The van der Waals surface area contributed by atoms with Crippen molar-refractivity contribution in [2.45, 2.75) is 144 Å². The van der Waals surface area contributed by atoms with Crippen molar-refractivity contribution in [3.8, 4) is 23.0 Å². The topological polar surface area (TPSA) is 88.1 Å². The Hall–Kier alpha value is -4.91. The van der Waals surface area contributed by atoms with Crippen LogP contribution >= 0.6 is 0 Å². The summed E-state index contributed by atoms with van der Waals surface area (Å²) in [5, 5.41) is 0. The first-order valence-electron chi connectivity index (χ1n) is 20.1. The van der Waals surface area contributed by atoms with Gasteiger partial charge < -0.3 is 18.9 Å². The summed E-state index contributed by atoms with van der Waals surface area (Å²) in [4.78, 5) is 37.3. The number of rotatable bonds is 5. The number of hydrogen-bond acceptors (Lipinski definition) is 7. The predicted octanol–water partition coefficient (Wildman–Crippen LogP) is 11.6. The molecular weight excluding hydrogens is 713 g/mol. The molecule has 0 saturated heterocycles. The van der Waals surface area contributed by atoms with E-state index in [-0.39, 0.29) is 45.5 Å². The van der Waals surface area contributed by atoms with E-state index in [2.05, 4.69) is 107 Å². The van der Waals surface area contributed by atoms with Crippen LogP contribution in [0.25, 0.3) is 0 Å². The standard InChI is InChI=1S/C26H32O4.C24H30O3/c1-14-10-17(11-15(2)22(14)29-16(3)27)21-19-12-18(25(4,5)6)13-20(26(7,8)9)23(19)30-24(21)28;1-8-26-17-11-9-15(10-12-17)20-18-13-16(23(2,3)4)14-19(24(5,6)7)21(18)27-22(20)25/h10-13,21H,1-9H3;9-14,20H,8H2,1-7H3. The maximum absolute atomic E-state index is 13.0. The van der Waals surface area contributed by atoms with E-state index in [0.29, 0.717) is 18.1 Å². The second kappa shape index (κ2) is 15.4. The largest absolute Gasteiger partial charge is 0.494 e. The van der Waals surface area contributed by atoms with Crippen LogP contribution in [0.4, 0.5) is 0 Å². The van der Waals surface area contributed by atoms with Crippen LogP contribution in [0.15, 0.2) is 60.7 Å². The normalized spacial score (nSPS) is 16.6. The van der Waals surface area contributed by atoms with Crippen molar-refractivity contribution in [1.29, 1.82) is 0 Å². The first kappa shape index (κ1) is 43.2. The van der Waals surface area contributed by atoms with Crippen molar-refractivity contribution >= 4 is 17.9 Å². The van der Waals surface area contributed by atoms with Gasteiger partial charge in [-0.3, -0.25) is 14.4 Å². The SMILES string of the molecule is CC(=O)Oc1c(C)cc(C2C(=O)Oc3c2cc(C(C)(C)C)cc3C(C)(C)C)cc1C.CCOc1ccc(C2C(=O)Oc3c2cc(C(C)(C)C)cc3C(C)(C)C)cc1. The van der Waals surface area contributed by atoms with Gasteiger partial charge in [0.2, 0.25) is 0 Å². The summed E-state index contributed by atoms with van der Waals surface area (Å²) < 4.78 is 22.5. The molecule has 0 saturated carbocycles. The quantitative estimate of drug-likeness (QED) is 0.147. The van der Waals surface area contributed by atoms with Crippen LogP contribution in [-0.4, -0.2) is 24.5 Å². The molecule has 0 amide bonds. The molecular formula is C50H62O7. The summed E-state index contributed by atoms with van der Waals surface area (Å²) >= 11 is 0. The number of carbonyl (C=O) groups excluding carboxylic acids is 3. The lowest BCUT2D eigenvalue weighted by Crippen LogP contribution is -2.17. The van der Waals surface area contributed by atoms with Crippen molar-refractivity contribution in [2.24, 2.45) is 0 Å². The van der Waals surface area contributed by atoms with Gasteiger partial charge in [-0.25, -0.2) is 0 Å². The molecule has 0 fully saturated rings. The van der Waals surface area contributed by atoms with Gasteiger partial charge in [0.05, 0.1) is 6.61 Å². The number of esters is 3. The fourth-order valence-corrected chi connectivity index (χ4v) is 7.52. The van der Waals surface area contributed by atoms with E-state index in [1.54, 1.807) is 0 Å². The van der Waals surface area contributed by atoms with E-state index in [1.165, 1.54) is 18.1 Å². The Morgan fingerprint density at radius 2 is 1.00 bits per heavy atom. The molecule has 304 valence electrons. The Kier molecular flexibility index (Phi) is 11.7. The zero-order chi connectivity index (χ0) is 42.6. The lowest BCUT2D eigenvalue weighted by molar-refractivity contribution is -0.134. The van der Waals surface area contributed by atoms with Crippen molar-refractivity contribution in [3.63, 3.8) is 0 Å². The lowest BCUT2D eigenvalue weighted by atomic mass is 9.77. The molecule has 0 aromatic heterocycles. The summed E-state index contributed by atoms with van der Waals surface area (Å²) in [6.45, 7) is 33.8. The molecule has 7 nitrogen and oxygen atoms in total. The number of ether oxygens (including phenoxy) is 4. The fraction of sp³-hybridized carbons (Fsp3) is 0.460. The Bertz CT molecular complexity index is 2170. The molecule has 2 aliphatic rings. The number of carbonyl (C=O) groups is 3. The summed E-state index contributed by atoms with van der Waals surface area (Å²) in [7, 11) is 0. The third-order valence-corrected chi connectivity index (χ3v) is 10.7. The van der Waals surface area contributed by atoms with Crippen molar-refractivity contribution < 1.29 is 33.3 Å². The van der Waals surface area contributed by atoms with Gasteiger partial charge in [0.15, 0.2) is 0 Å². The monoisotopic (exact) mass is 774 g/mol. The van der Waals surface area contributed by atoms with Gasteiger partial charge in [-0.2, -0.15) is 0 Å². The second-order valence-corrected chi connectivity index (χ2v) is 19.7. The molecule has 57 heavy (non-hydrogen) atoms. The second-order valence-electron chi connectivity index (χ2n) is 19.7. The van der Waals surface area contributed by atoms with Crippen LogP contribution < -0.4 is 18.9 Å². The minimum atomic E-state index is -0.493. The average molecular weight is 775 g/mol. The first-order chi connectivity index (χ1) is 26.2. The molecule has 4 aromatic carbocycles. The minimum absolute atomic E-state index is 0.00988. The van der Waals surface area contributed by atoms with Gasteiger partial charge in [0.1, 0.15) is 34.8 Å². The zero-order valence-electron chi connectivity index (χ0n) is 37.0. The van der Waals surface area contributed by atoms with Gasteiger partial charge in [-0.1, -0.05) is 132 Å². The lowest BCUT2D eigenvalue weighted by Gasteiger charge is -2.27. The van der Waals surface area contributed by atoms with Gasteiger partial charge in [-0.05, 0) is 87.9 Å². The molecule has 0 radical (unpaired) electrons. The van der Waals surface area contributed by atoms with Crippen LogP contribution in [0.3, 0.4) is 0 Å². The smallest absolute Gasteiger partial charge is 0.323 e. The number of aryl methyl sites for hydroxylation is 2. The number of hydrogen-bond donors (Lipinski definition) is 0. The Morgan fingerprint density at radius 3 is 1.35 bits per heavy atom. The molecule has 0 bridgehead atoms. The molecule has 2 unspecified atom stereocenters. The zero-order valence-corrected chi connectivity index (χ0v) is 37.0. The Morgan fingerprint density at radius 1 is 0.596 bits per heavy atom. The molecule has 2 heterocycles. The average Bonchev–Trinajstić information content (AvgIpc) is 3.59. The fourth-order valence-electron chi connectivity index (χ4n) is 7.52. The van der Waals surface area contributed by atoms with E-state index < -0.39 is 5.92 Å². The molecule has 2 atom stereocenters. The summed E-state index contributed by atoms with van der Waals surface area (Å²) in [6.07, 6.45) is 0. The molecule has 4 aromatic rings. The molecule has 7 heteroatoms. The summed E-state index contributed by atoms with van der Waals surface area (Å²) in [5.41, 5.74) is 9.53. The van der Waals surface area contributed by atoms with Gasteiger partial charge >= 0.3 is 17.9 Å². The van der Waals surface area contributed by atoms with E-state index >= 15 is 0 Å². The van der Waals surface area contributed by atoms with Gasteiger partial charge in [0, 0.05) is 29.2 Å². The van der Waals surface area contributed by atoms with Crippen LogP contribution in [-0.2, 0) is 36.0 Å². The van der Waals surface area contributed by atoms with Crippen molar-refractivity contribution in [1.82, 2.24) is 0 Å². The summed E-state index contributed by atoms with van der Waals surface area (Å²) in [6, 6.07) is 20.3. The third-order valence-electron chi connectivity index (χ3n) is 10.7. The van der Waals surface area contributed by atoms with Crippen LogP contribution in [0.5, 0.6) is 23.0 Å². The van der Waals surface area contributed by atoms with E-state index in [9.17, 15) is 14.4 Å². The first-order valence-corrected chi connectivity index (χ1v) is 20.1. The van der Waals surface area contributed by atoms with E-state index in [4.69, 9.17) is 18.9 Å². The predicted molar refractivity (Wildman–Crippen MR) is 227 cm³/mol. The van der Waals surface area contributed by atoms with Crippen LogP contribution in [0.1, 0.15) is 164 Å². The third kappa shape index (κ3) is 9.14. The highest BCUT2D eigenvalue weighted by molar-refractivity contribution is 5.91. The van der Waals surface area contributed by atoms with Crippen LogP contribution in [0, 0.1) is 13.8 Å². The molecule has 0 spiro atoms. The highest BCUT2D eigenvalue weighted by atomic mass is 16.5. The minimum Gasteiger partial charge on any atom is -0.494 e. The number of benzene rings is 4. The highest BCUT2D eigenvalue weighted by Gasteiger charge is 2.41. The van der Waals surface area contributed by atoms with Gasteiger partial charge in [-0.15, -0.1) is 0 Å². The molecule has 0 N–H and O–H groups in total. The van der Waals surface area contributed by atoms with E-state index in [1.807, 2.05) is 57.2 Å². The highest BCUT2D eigenvalue weighted by Crippen LogP contribution is 2.49. The van der Waals surface area contributed by atoms with E-state index in [0.717, 1.165) is 56.0 Å². The Labute approximate surface area is 340 Å². The van der Waals surface area contributed by atoms with Crippen molar-refractivity contribution in [2.75, 3.05) is 6.61 Å². The maximum atomic E-state index is 13.0. The number of fused-ring (bicyclic) bond motifs is 2. The molecule has 6 rings (SSSR count). The molecule has 0 aliphatic carbocycles. The Balaban J connectivity index is 0.000000219. The summed E-state index contributed by atoms with van der Waals surface area (Å²) in [5.74, 6) is 1.08. The van der Waals surface area contributed by atoms with Crippen molar-refractivity contribution in [3.05, 3.63) is 116 Å².